The van der Waals surface area contributed by atoms with Crippen molar-refractivity contribution in [3.8, 4) is 0 Å². The monoisotopic (exact) mass is 361 g/mol. The largest absolute Gasteiger partial charge is 0.481 e. The summed E-state index contributed by atoms with van der Waals surface area (Å²) in [5.74, 6) is -0.929. The van der Waals surface area contributed by atoms with Crippen LogP contribution in [-0.2, 0) is 25.5 Å². The lowest BCUT2D eigenvalue weighted by Crippen LogP contribution is -2.44. The Labute approximate surface area is 154 Å². The Bertz CT molecular complexity index is 597. The molecule has 6 nitrogen and oxygen atoms in total. The maximum absolute atomic E-state index is 12.3. The average molecular weight is 361 g/mol. The van der Waals surface area contributed by atoms with Crippen LogP contribution in [0.25, 0.3) is 0 Å². The van der Waals surface area contributed by atoms with Crippen molar-refractivity contribution in [2.24, 2.45) is 11.8 Å². The van der Waals surface area contributed by atoms with E-state index in [4.69, 9.17) is 9.47 Å². The van der Waals surface area contributed by atoms with Crippen molar-refractivity contribution in [1.29, 1.82) is 0 Å². The predicted octanol–water partition coefficient (Wildman–Crippen LogP) is 1.97. The van der Waals surface area contributed by atoms with E-state index in [-0.39, 0.29) is 24.5 Å². The van der Waals surface area contributed by atoms with Gasteiger partial charge < -0.3 is 19.5 Å². The van der Waals surface area contributed by atoms with E-state index in [1.807, 2.05) is 35.2 Å². The minimum absolute atomic E-state index is 0.0126. The Balaban J connectivity index is 1.36. The molecule has 1 N–H and O–H groups in total. The molecule has 2 atom stereocenters. The molecule has 3 rings (SSSR count). The van der Waals surface area contributed by atoms with Crippen molar-refractivity contribution < 1.29 is 24.2 Å². The minimum atomic E-state index is -0.766. The molecule has 6 heteroatoms. The first kappa shape index (κ1) is 18.9. The highest BCUT2D eigenvalue weighted by Gasteiger charge is 2.40. The maximum atomic E-state index is 12.3. The number of hydrogen-bond donors (Lipinski definition) is 1. The van der Waals surface area contributed by atoms with Crippen LogP contribution in [0.15, 0.2) is 30.3 Å². The van der Waals surface area contributed by atoms with E-state index in [0.717, 1.165) is 19.3 Å². The highest BCUT2D eigenvalue weighted by atomic mass is 16.5. The molecule has 1 amide bonds. The van der Waals surface area contributed by atoms with Crippen molar-refractivity contribution in [3.63, 3.8) is 0 Å². The van der Waals surface area contributed by atoms with Crippen molar-refractivity contribution in [3.05, 3.63) is 35.9 Å². The van der Waals surface area contributed by atoms with Gasteiger partial charge in [-0.1, -0.05) is 30.3 Å². The normalized spacial score (nSPS) is 23.9. The molecular weight excluding hydrogens is 334 g/mol. The summed E-state index contributed by atoms with van der Waals surface area (Å²) in [7, 11) is 0. The molecule has 1 unspecified atom stereocenters. The summed E-state index contributed by atoms with van der Waals surface area (Å²) in [5.41, 5.74) is 1.20. The number of carbonyl (C=O) groups excluding carboxylic acids is 1. The summed E-state index contributed by atoms with van der Waals surface area (Å²) in [4.78, 5) is 25.4. The molecule has 0 spiro atoms. The molecule has 2 aliphatic heterocycles. The van der Waals surface area contributed by atoms with E-state index in [1.165, 1.54) is 5.56 Å². The summed E-state index contributed by atoms with van der Waals surface area (Å²) >= 11 is 0. The second kappa shape index (κ2) is 9.14. The van der Waals surface area contributed by atoms with Crippen LogP contribution < -0.4 is 0 Å². The number of aliphatic carboxylic acids is 1. The molecule has 0 aliphatic carbocycles. The van der Waals surface area contributed by atoms with Crippen molar-refractivity contribution >= 4 is 11.9 Å². The molecule has 1 aromatic carbocycles. The van der Waals surface area contributed by atoms with Gasteiger partial charge in [0.05, 0.1) is 18.6 Å². The molecule has 1 aromatic rings. The van der Waals surface area contributed by atoms with Gasteiger partial charge in [0.15, 0.2) is 0 Å². The van der Waals surface area contributed by atoms with Crippen LogP contribution >= 0.6 is 0 Å². The van der Waals surface area contributed by atoms with Gasteiger partial charge in [0, 0.05) is 19.7 Å². The average Bonchev–Trinajstić information content (AvgIpc) is 3.16. The zero-order chi connectivity index (χ0) is 18.4. The molecule has 0 saturated carbocycles. The van der Waals surface area contributed by atoms with E-state index in [1.54, 1.807) is 0 Å². The molecule has 26 heavy (non-hydrogen) atoms. The number of hydrogen-bond acceptors (Lipinski definition) is 4. The van der Waals surface area contributed by atoms with Crippen LogP contribution in [0.5, 0.6) is 0 Å². The summed E-state index contributed by atoms with van der Waals surface area (Å²) in [6.45, 7) is 2.46. The summed E-state index contributed by atoms with van der Waals surface area (Å²) in [6.07, 6.45) is 2.78. The summed E-state index contributed by atoms with van der Waals surface area (Å²) < 4.78 is 11.2. The third-order valence-electron chi connectivity index (χ3n) is 5.41. The number of piperidine rings is 1. The lowest BCUT2D eigenvalue weighted by molar-refractivity contribution is -0.146. The maximum Gasteiger partial charge on any atom is 0.309 e. The predicted molar refractivity (Wildman–Crippen MR) is 95.8 cm³/mol. The van der Waals surface area contributed by atoms with Crippen molar-refractivity contribution in [1.82, 2.24) is 4.90 Å². The first-order chi connectivity index (χ1) is 12.6. The van der Waals surface area contributed by atoms with Crippen LogP contribution in [0.3, 0.4) is 0 Å². The summed E-state index contributed by atoms with van der Waals surface area (Å²) in [6, 6.07) is 10.1. The van der Waals surface area contributed by atoms with Gasteiger partial charge in [-0.3, -0.25) is 9.59 Å². The summed E-state index contributed by atoms with van der Waals surface area (Å²) in [5, 5.41) is 9.30. The van der Waals surface area contributed by atoms with Crippen LogP contribution in [0.4, 0.5) is 0 Å². The number of amides is 1. The van der Waals surface area contributed by atoms with Crippen molar-refractivity contribution in [2.45, 2.75) is 31.8 Å². The van der Waals surface area contributed by atoms with Gasteiger partial charge in [0.1, 0.15) is 6.61 Å². The van der Waals surface area contributed by atoms with E-state index < -0.39 is 11.9 Å². The lowest BCUT2D eigenvalue weighted by atomic mass is 9.84. The zero-order valence-corrected chi connectivity index (χ0v) is 15.0. The van der Waals surface area contributed by atoms with Gasteiger partial charge in [-0.05, 0) is 37.2 Å². The third-order valence-corrected chi connectivity index (χ3v) is 5.41. The number of carboxylic acids is 1. The van der Waals surface area contributed by atoms with Crippen molar-refractivity contribution in [2.75, 3.05) is 32.9 Å². The van der Waals surface area contributed by atoms with Gasteiger partial charge in [-0.25, -0.2) is 0 Å². The number of rotatable bonds is 7. The highest BCUT2D eigenvalue weighted by Crippen LogP contribution is 2.33. The Morgan fingerprint density at radius 2 is 1.88 bits per heavy atom. The van der Waals surface area contributed by atoms with E-state index in [0.29, 0.717) is 32.7 Å². The topological polar surface area (TPSA) is 76.1 Å². The van der Waals surface area contributed by atoms with Crippen LogP contribution in [0, 0.1) is 11.8 Å². The molecule has 0 aromatic heterocycles. The van der Waals surface area contributed by atoms with Gasteiger partial charge in [-0.15, -0.1) is 0 Å². The number of ether oxygens (including phenoxy) is 2. The minimum Gasteiger partial charge on any atom is -0.481 e. The highest BCUT2D eigenvalue weighted by molar-refractivity contribution is 5.77. The molecule has 2 saturated heterocycles. The number of carbonyl (C=O) groups is 2. The Hall–Kier alpha value is -1.92. The smallest absolute Gasteiger partial charge is 0.309 e. The fraction of sp³-hybridized carbons (Fsp3) is 0.600. The van der Waals surface area contributed by atoms with E-state index in [2.05, 4.69) is 0 Å². The molecule has 2 heterocycles. The first-order valence-electron chi connectivity index (χ1n) is 9.39. The van der Waals surface area contributed by atoms with Gasteiger partial charge in [0.25, 0.3) is 0 Å². The molecule has 0 bridgehead atoms. The zero-order valence-electron chi connectivity index (χ0n) is 15.0. The Morgan fingerprint density at radius 1 is 1.15 bits per heavy atom. The number of benzene rings is 1. The standard InChI is InChI=1S/C20H27NO5/c22-18(14-25-12-8-15-4-2-1-3-5-15)21-10-6-16(7-11-21)19-17(20(23)24)9-13-26-19/h1-5,16-17,19H,6-14H2,(H,23,24)/t17?,19-/m0/s1. The Morgan fingerprint density at radius 3 is 2.58 bits per heavy atom. The first-order valence-corrected chi connectivity index (χ1v) is 9.39. The van der Waals surface area contributed by atoms with Gasteiger partial charge in [0.2, 0.25) is 5.91 Å². The van der Waals surface area contributed by atoms with E-state index >= 15 is 0 Å². The van der Waals surface area contributed by atoms with Gasteiger partial charge >= 0.3 is 5.97 Å². The Kier molecular flexibility index (Phi) is 6.63. The second-order valence-electron chi connectivity index (χ2n) is 7.08. The van der Waals surface area contributed by atoms with Crippen LogP contribution in [0.1, 0.15) is 24.8 Å². The molecule has 2 aliphatic rings. The van der Waals surface area contributed by atoms with Crippen LogP contribution in [-0.4, -0.2) is 60.9 Å². The van der Waals surface area contributed by atoms with E-state index in [9.17, 15) is 14.7 Å². The fourth-order valence-electron chi connectivity index (χ4n) is 3.90. The number of carboxylic acid groups (broad SMARTS) is 1. The SMILES string of the molecule is O=C(O)C1CCO[C@H]1C1CCN(C(=O)COCCc2ccccc2)CC1. The quantitative estimate of drug-likeness (QED) is 0.752. The van der Waals surface area contributed by atoms with Gasteiger partial charge in [-0.2, -0.15) is 0 Å². The van der Waals surface area contributed by atoms with Crippen LogP contribution in [0.2, 0.25) is 0 Å². The number of nitrogens with zero attached hydrogens (tertiary/aromatic N) is 1. The fourth-order valence-corrected chi connectivity index (χ4v) is 3.90. The second-order valence-corrected chi connectivity index (χ2v) is 7.08. The lowest BCUT2D eigenvalue weighted by Gasteiger charge is -2.35. The third kappa shape index (κ3) is 4.83. The molecule has 0 radical (unpaired) electrons. The molecule has 2 fully saturated rings. The molecular formula is C20H27NO5. The molecule has 142 valence electrons. The number of likely N-dealkylation sites (tertiary alicyclic amines) is 1.